The van der Waals surface area contributed by atoms with Crippen LogP contribution in [0.15, 0.2) is 18.2 Å². The molecule has 21 heavy (non-hydrogen) atoms. The van der Waals surface area contributed by atoms with Crippen molar-refractivity contribution in [2.24, 2.45) is 0 Å². The lowest BCUT2D eigenvalue weighted by molar-refractivity contribution is 0.134. The lowest BCUT2D eigenvalue weighted by atomic mass is 10.1. The summed E-state index contributed by atoms with van der Waals surface area (Å²) < 4.78 is 7.77. The van der Waals surface area contributed by atoms with Crippen molar-refractivity contribution in [2.45, 2.75) is 45.6 Å². The van der Waals surface area contributed by atoms with Gasteiger partial charge in [-0.15, -0.1) is 10.2 Å². The summed E-state index contributed by atoms with van der Waals surface area (Å²) in [5.41, 5.74) is 3.72. The Morgan fingerprint density at radius 3 is 3.10 bits per heavy atom. The number of hydrogen-bond acceptors (Lipinski definition) is 4. The van der Waals surface area contributed by atoms with Gasteiger partial charge in [0.15, 0.2) is 11.6 Å². The number of benzene rings is 1. The topological polar surface area (TPSA) is 52.0 Å². The van der Waals surface area contributed by atoms with E-state index in [1.165, 1.54) is 11.1 Å². The first-order valence-electron chi connectivity index (χ1n) is 7.73. The van der Waals surface area contributed by atoms with Crippen molar-refractivity contribution < 1.29 is 4.74 Å². The van der Waals surface area contributed by atoms with Gasteiger partial charge >= 0.3 is 0 Å². The highest BCUT2D eigenvalue weighted by Gasteiger charge is 2.25. The van der Waals surface area contributed by atoms with Gasteiger partial charge in [-0.2, -0.15) is 0 Å². The van der Waals surface area contributed by atoms with Crippen LogP contribution >= 0.6 is 0 Å². The van der Waals surface area contributed by atoms with Crippen LogP contribution in [0.4, 0.5) is 0 Å². The van der Waals surface area contributed by atoms with Gasteiger partial charge in [0.2, 0.25) is 0 Å². The Morgan fingerprint density at radius 1 is 1.29 bits per heavy atom. The number of aromatic nitrogens is 3. The Labute approximate surface area is 124 Å². The predicted octanol–water partition coefficient (Wildman–Crippen LogP) is 2.42. The van der Waals surface area contributed by atoms with Gasteiger partial charge in [-0.25, -0.2) is 0 Å². The molecule has 2 aliphatic rings. The van der Waals surface area contributed by atoms with Crippen LogP contribution in [0.3, 0.4) is 0 Å². The second-order valence-corrected chi connectivity index (χ2v) is 5.81. The normalized spacial score (nSPS) is 20.3. The van der Waals surface area contributed by atoms with Crippen molar-refractivity contribution in [2.75, 3.05) is 6.54 Å². The Morgan fingerprint density at radius 2 is 2.19 bits per heavy atom. The van der Waals surface area contributed by atoms with Crippen molar-refractivity contribution in [1.82, 2.24) is 20.1 Å². The third-order valence-corrected chi connectivity index (χ3v) is 4.37. The van der Waals surface area contributed by atoms with Gasteiger partial charge < -0.3 is 14.6 Å². The van der Waals surface area contributed by atoms with Crippen LogP contribution in [-0.2, 0) is 24.5 Å². The largest absolute Gasteiger partial charge is 0.372 e. The highest BCUT2D eigenvalue weighted by molar-refractivity contribution is 5.58. The molecule has 5 heteroatoms. The fourth-order valence-electron chi connectivity index (χ4n) is 3.28. The molecule has 4 rings (SSSR count). The molecule has 0 amide bonds. The smallest absolute Gasteiger partial charge is 0.164 e. The molecule has 1 atom stereocenters. The molecule has 2 aliphatic heterocycles. The molecule has 1 unspecified atom stereocenters. The molecule has 1 aromatic heterocycles. The molecule has 0 saturated carbocycles. The van der Waals surface area contributed by atoms with Crippen LogP contribution in [-0.4, -0.2) is 21.3 Å². The lowest BCUT2D eigenvalue weighted by Crippen LogP contribution is -2.33. The predicted molar refractivity (Wildman–Crippen MR) is 79.6 cm³/mol. The number of fused-ring (bicyclic) bond motifs is 2. The fraction of sp³-hybridized carbons (Fsp3) is 0.500. The van der Waals surface area contributed by atoms with E-state index in [1.54, 1.807) is 0 Å². The molecular weight excluding hydrogens is 264 g/mol. The lowest BCUT2D eigenvalue weighted by Gasteiger charge is -2.24. The minimum Gasteiger partial charge on any atom is -0.372 e. The zero-order valence-electron chi connectivity index (χ0n) is 12.3. The molecule has 3 heterocycles. The first-order valence-corrected chi connectivity index (χ1v) is 7.73. The molecular formula is C16H20N4O. The summed E-state index contributed by atoms with van der Waals surface area (Å²) >= 11 is 0. The summed E-state index contributed by atoms with van der Waals surface area (Å²) in [5, 5.41) is 12.4. The Bertz CT molecular complexity index is 664. The molecule has 110 valence electrons. The first-order chi connectivity index (χ1) is 10.4. The van der Waals surface area contributed by atoms with E-state index >= 15 is 0 Å². The fourth-order valence-corrected chi connectivity index (χ4v) is 3.28. The average Bonchev–Trinajstić information content (AvgIpc) is 3.13. The average molecular weight is 284 g/mol. The summed E-state index contributed by atoms with van der Waals surface area (Å²) in [5.74, 6) is 2.07. The Kier molecular flexibility index (Phi) is 3.24. The van der Waals surface area contributed by atoms with E-state index in [1.807, 2.05) is 0 Å². The maximum Gasteiger partial charge on any atom is 0.164 e. The number of nitrogens with zero attached hydrogens (tertiary/aromatic N) is 3. The van der Waals surface area contributed by atoms with Crippen molar-refractivity contribution in [3.8, 4) is 11.4 Å². The highest BCUT2D eigenvalue weighted by atomic mass is 16.5. The SMILES string of the molecule is CCCC1NCCn2c(-c3ccc4c(c3)COC4)nnc21. The number of ether oxygens (including phenoxy) is 1. The minimum atomic E-state index is 0.336. The van der Waals surface area contributed by atoms with Gasteiger partial charge in [0.1, 0.15) is 0 Å². The van der Waals surface area contributed by atoms with E-state index in [4.69, 9.17) is 4.74 Å². The van der Waals surface area contributed by atoms with Gasteiger partial charge in [-0.1, -0.05) is 25.5 Å². The Hall–Kier alpha value is -1.72. The maximum atomic E-state index is 5.50. The van der Waals surface area contributed by atoms with E-state index < -0.39 is 0 Å². The van der Waals surface area contributed by atoms with Gasteiger partial charge in [-0.3, -0.25) is 0 Å². The van der Waals surface area contributed by atoms with Crippen LogP contribution in [0.1, 0.15) is 42.8 Å². The standard InChI is InChI=1S/C16H20N4O/c1-2-3-14-16-19-18-15(20(16)7-6-17-14)11-4-5-12-9-21-10-13(12)8-11/h4-5,8,14,17H,2-3,6-7,9-10H2,1H3. The van der Waals surface area contributed by atoms with E-state index in [-0.39, 0.29) is 0 Å². The zero-order valence-corrected chi connectivity index (χ0v) is 12.3. The maximum absolute atomic E-state index is 5.50. The van der Waals surface area contributed by atoms with Crippen LogP contribution in [0, 0.1) is 0 Å². The van der Waals surface area contributed by atoms with Gasteiger partial charge in [-0.05, 0) is 23.6 Å². The van der Waals surface area contributed by atoms with Gasteiger partial charge in [0.25, 0.3) is 0 Å². The Balaban J connectivity index is 1.73. The molecule has 0 radical (unpaired) electrons. The van der Waals surface area contributed by atoms with Crippen LogP contribution in [0.2, 0.25) is 0 Å². The van der Waals surface area contributed by atoms with E-state index in [0.717, 1.165) is 49.8 Å². The van der Waals surface area contributed by atoms with E-state index in [2.05, 4.69) is 45.2 Å². The molecule has 0 spiro atoms. The number of nitrogens with one attached hydrogen (secondary N) is 1. The van der Waals surface area contributed by atoms with Crippen molar-refractivity contribution in [1.29, 1.82) is 0 Å². The summed E-state index contributed by atoms with van der Waals surface area (Å²) in [6, 6.07) is 6.84. The van der Waals surface area contributed by atoms with E-state index in [0.29, 0.717) is 12.6 Å². The van der Waals surface area contributed by atoms with Crippen molar-refractivity contribution in [3.63, 3.8) is 0 Å². The third kappa shape index (κ3) is 2.17. The number of hydrogen-bond donors (Lipinski definition) is 1. The molecule has 5 nitrogen and oxygen atoms in total. The first kappa shape index (κ1) is 13.0. The van der Waals surface area contributed by atoms with Gasteiger partial charge in [0, 0.05) is 18.7 Å². The summed E-state index contributed by atoms with van der Waals surface area (Å²) in [6.45, 7) is 5.57. The molecule has 0 fully saturated rings. The number of rotatable bonds is 3. The molecule has 0 saturated heterocycles. The van der Waals surface area contributed by atoms with Gasteiger partial charge in [0.05, 0.1) is 19.3 Å². The second kappa shape index (κ2) is 5.24. The van der Waals surface area contributed by atoms with Crippen LogP contribution in [0.25, 0.3) is 11.4 Å². The zero-order chi connectivity index (χ0) is 14.2. The van der Waals surface area contributed by atoms with E-state index in [9.17, 15) is 0 Å². The quantitative estimate of drug-likeness (QED) is 0.940. The van der Waals surface area contributed by atoms with Crippen molar-refractivity contribution in [3.05, 3.63) is 35.2 Å². The molecule has 0 bridgehead atoms. The molecule has 2 aromatic rings. The summed E-state index contributed by atoms with van der Waals surface area (Å²) in [7, 11) is 0. The summed E-state index contributed by atoms with van der Waals surface area (Å²) in [6.07, 6.45) is 2.26. The molecule has 0 aliphatic carbocycles. The second-order valence-electron chi connectivity index (χ2n) is 5.81. The van der Waals surface area contributed by atoms with Crippen molar-refractivity contribution >= 4 is 0 Å². The molecule has 1 N–H and O–H groups in total. The molecule has 1 aromatic carbocycles. The monoisotopic (exact) mass is 284 g/mol. The van der Waals surface area contributed by atoms with Crippen LogP contribution < -0.4 is 5.32 Å². The third-order valence-electron chi connectivity index (χ3n) is 4.37. The summed E-state index contributed by atoms with van der Waals surface area (Å²) in [4.78, 5) is 0. The minimum absolute atomic E-state index is 0.336. The highest BCUT2D eigenvalue weighted by Crippen LogP contribution is 2.29. The van der Waals surface area contributed by atoms with Crippen LogP contribution in [0.5, 0.6) is 0 Å².